The van der Waals surface area contributed by atoms with E-state index in [1.54, 1.807) is 41.1 Å². The number of carbonyl (C=O) groups is 1. The molecule has 0 bridgehead atoms. The number of benzene rings is 2. The zero-order valence-corrected chi connectivity index (χ0v) is 20.3. The van der Waals surface area contributed by atoms with Crippen molar-refractivity contribution in [2.45, 2.75) is 31.8 Å². The Balaban J connectivity index is 1.37. The minimum atomic E-state index is -0.288. The van der Waals surface area contributed by atoms with Crippen LogP contribution in [0.2, 0.25) is 0 Å². The Morgan fingerprint density at radius 1 is 1.14 bits per heavy atom. The average molecular weight is 487 g/mol. The Morgan fingerprint density at radius 2 is 2.00 bits per heavy atom. The van der Waals surface area contributed by atoms with Crippen LogP contribution in [0, 0.1) is 5.82 Å². The van der Waals surface area contributed by atoms with Crippen molar-refractivity contribution < 1.29 is 18.7 Å². The number of methoxy groups -OCH3 is 1. The number of aromatic nitrogens is 3. The first-order valence-electron chi connectivity index (χ1n) is 12.2. The van der Waals surface area contributed by atoms with E-state index < -0.39 is 0 Å². The van der Waals surface area contributed by atoms with Gasteiger partial charge in [0.05, 0.1) is 24.4 Å². The van der Waals surface area contributed by atoms with Gasteiger partial charge in [-0.25, -0.2) is 4.39 Å². The molecule has 0 radical (unpaired) electrons. The number of hydrogen-bond donors (Lipinski definition) is 0. The Labute approximate surface area is 208 Å². The lowest BCUT2D eigenvalue weighted by Gasteiger charge is -2.20. The number of aryl methyl sites for hydroxylation is 1. The largest absolute Gasteiger partial charge is 0.489 e. The summed E-state index contributed by atoms with van der Waals surface area (Å²) in [7, 11) is 3.50. The van der Waals surface area contributed by atoms with Gasteiger partial charge in [0.25, 0.3) is 5.91 Å². The monoisotopic (exact) mass is 486 g/mol. The standard InChI is InChI=1S/C28H27FN4O3/c1-32-14-23-19(7-8-26(27(23)31-32)36-11-10-35-2)18-12-21(17-5-6-17)22(24(29)13-18)15-33-16-25-20(28(33)34)4-3-9-30-25/h3-4,7-9,12-14,17H,5-6,10-11,15-16H2,1-2H3. The van der Waals surface area contributed by atoms with E-state index in [4.69, 9.17) is 9.47 Å². The van der Waals surface area contributed by atoms with Crippen LogP contribution in [0.4, 0.5) is 4.39 Å². The number of nitrogens with zero attached hydrogens (tertiary/aromatic N) is 4. The summed E-state index contributed by atoms with van der Waals surface area (Å²) in [5.41, 5.74) is 5.38. The van der Waals surface area contributed by atoms with Crippen LogP contribution in [0.5, 0.6) is 5.75 Å². The van der Waals surface area contributed by atoms with E-state index in [9.17, 15) is 4.79 Å². The van der Waals surface area contributed by atoms with Crippen molar-refractivity contribution in [3.63, 3.8) is 0 Å². The fourth-order valence-electron chi connectivity index (χ4n) is 5.04. The van der Waals surface area contributed by atoms with E-state index >= 15 is 4.39 Å². The molecule has 2 aromatic heterocycles. The highest BCUT2D eigenvalue weighted by Gasteiger charge is 2.33. The van der Waals surface area contributed by atoms with Gasteiger partial charge in [0.1, 0.15) is 23.7 Å². The molecule has 36 heavy (non-hydrogen) atoms. The molecule has 0 N–H and O–H groups in total. The smallest absolute Gasteiger partial charge is 0.256 e. The number of ether oxygens (including phenoxy) is 2. The highest BCUT2D eigenvalue weighted by molar-refractivity contribution is 5.98. The predicted molar refractivity (Wildman–Crippen MR) is 133 cm³/mol. The average Bonchev–Trinajstić information content (AvgIpc) is 3.57. The van der Waals surface area contributed by atoms with Crippen molar-refractivity contribution in [2.24, 2.45) is 7.05 Å². The van der Waals surface area contributed by atoms with Gasteiger partial charge in [0.15, 0.2) is 0 Å². The SMILES string of the molecule is COCCOc1ccc(-c2cc(F)c(CN3Cc4ncccc4C3=O)c(C3CC3)c2)c2cn(C)nc12. The van der Waals surface area contributed by atoms with Crippen LogP contribution in [0.15, 0.2) is 48.8 Å². The second-order valence-corrected chi connectivity index (χ2v) is 9.48. The predicted octanol–water partition coefficient (Wildman–Crippen LogP) is 4.83. The van der Waals surface area contributed by atoms with Crippen LogP contribution in [0.25, 0.3) is 22.0 Å². The molecule has 2 aromatic carbocycles. The molecule has 1 aliphatic heterocycles. The molecule has 1 aliphatic carbocycles. The van der Waals surface area contributed by atoms with Gasteiger partial charge in [-0.1, -0.05) is 6.07 Å². The number of fused-ring (bicyclic) bond motifs is 2. The van der Waals surface area contributed by atoms with Gasteiger partial charge in [-0.05, 0) is 65.8 Å². The van der Waals surface area contributed by atoms with Crippen molar-refractivity contribution in [3.8, 4) is 16.9 Å². The zero-order chi connectivity index (χ0) is 24.8. The molecule has 0 spiro atoms. The third kappa shape index (κ3) is 4.01. The summed E-state index contributed by atoms with van der Waals surface area (Å²) in [6.45, 7) is 1.54. The fourth-order valence-corrected chi connectivity index (χ4v) is 5.04. The van der Waals surface area contributed by atoms with E-state index in [0.29, 0.717) is 42.6 Å². The van der Waals surface area contributed by atoms with E-state index in [-0.39, 0.29) is 18.3 Å². The Kier molecular flexibility index (Phi) is 5.68. The fraction of sp³-hybridized carbons (Fsp3) is 0.321. The van der Waals surface area contributed by atoms with Gasteiger partial charge in [0.2, 0.25) is 0 Å². The van der Waals surface area contributed by atoms with Crippen LogP contribution in [-0.4, -0.2) is 45.9 Å². The van der Waals surface area contributed by atoms with Crippen LogP contribution in [-0.2, 0) is 24.9 Å². The minimum absolute atomic E-state index is 0.0931. The molecule has 1 saturated carbocycles. The van der Waals surface area contributed by atoms with Crippen molar-refractivity contribution in [2.75, 3.05) is 20.3 Å². The summed E-state index contributed by atoms with van der Waals surface area (Å²) in [6, 6.07) is 11.1. The lowest BCUT2D eigenvalue weighted by atomic mass is 9.94. The second kappa shape index (κ2) is 9.02. The summed E-state index contributed by atoms with van der Waals surface area (Å²) < 4.78 is 28.5. The summed E-state index contributed by atoms with van der Waals surface area (Å²) >= 11 is 0. The lowest BCUT2D eigenvalue weighted by molar-refractivity contribution is 0.0764. The number of rotatable bonds is 8. The quantitative estimate of drug-likeness (QED) is 0.334. The Morgan fingerprint density at radius 3 is 2.78 bits per heavy atom. The van der Waals surface area contributed by atoms with Crippen LogP contribution < -0.4 is 4.74 Å². The molecule has 0 atom stereocenters. The molecule has 184 valence electrons. The van der Waals surface area contributed by atoms with Gasteiger partial charge in [-0.3, -0.25) is 14.5 Å². The van der Waals surface area contributed by atoms with E-state index in [2.05, 4.69) is 16.1 Å². The first-order valence-corrected chi connectivity index (χ1v) is 12.2. The van der Waals surface area contributed by atoms with Gasteiger partial charge in [-0.2, -0.15) is 5.10 Å². The van der Waals surface area contributed by atoms with E-state index in [1.807, 2.05) is 25.4 Å². The molecule has 3 heterocycles. The van der Waals surface area contributed by atoms with E-state index in [1.165, 1.54) is 0 Å². The molecule has 6 rings (SSSR count). The van der Waals surface area contributed by atoms with Crippen molar-refractivity contribution in [1.29, 1.82) is 0 Å². The third-order valence-corrected chi connectivity index (χ3v) is 6.95. The van der Waals surface area contributed by atoms with Crippen LogP contribution >= 0.6 is 0 Å². The maximum Gasteiger partial charge on any atom is 0.256 e. The molecule has 7 nitrogen and oxygen atoms in total. The molecular weight excluding hydrogens is 459 g/mol. The number of halogens is 1. The summed E-state index contributed by atoms with van der Waals surface area (Å²) in [5, 5.41) is 5.49. The first-order chi connectivity index (χ1) is 17.5. The number of amides is 1. The number of pyridine rings is 1. The van der Waals surface area contributed by atoms with Crippen LogP contribution in [0.1, 0.15) is 45.9 Å². The van der Waals surface area contributed by atoms with Gasteiger partial charge in [0, 0.05) is 44.0 Å². The first kappa shape index (κ1) is 22.7. The minimum Gasteiger partial charge on any atom is -0.489 e. The zero-order valence-electron chi connectivity index (χ0n) is 20.3. The van der Waals surface area contributed by atoms with Crippen molar-refractivity contribution in [3.05, 3.63) is 77.0 Å². The van der Waals surface area contributed by atoms with E-state index in [0.717, 1.165) is 46.1 Å². The lowest BCUT2D eigenvalue weighted by Crippen LogP contribution is -2.24. The highest BCUT2D eigenvalue weighted by Crippen LogP contribution is 2.45. The molecule has 4 aromatic rings. The van der Waals surface area contributed by atoms with Crippen LogP contribution in [0.3, 0.4) is 0 Å². The normalized spacial score (nSPS) is 15.1. The van der Waals surface area contributed by atoms with Gasteiger partial charge < -0.3 is 14.4 Å². The molecule has 0 unspecified atom stereocenters. The summed E-state index contributed by atoms with van der Waals surface area (Å²) in [5.74, 6) is 0.605. The maximum atomic E-state index is 15.8. The summed E-state index contributed by atoms with van der Waals surface area (Å²) in [6.07, 6.45) is 5.68. The maximum absolute atomic E-state index is 15.8. The number of carbonyl (C=O) groups excluding carboxylic acids is 1. The molecule has 1 fully saturated rings. The van der Waals surface area contributed by atoms with Crippen molar-refractivity contribution in [1.82, 2.24) is 19.7 Å². The highest BCUT2D eigenvalue weighted by atomic mass is 19.1. The second-order valence-electron chi connectivity index (χ2n) is 9.48. The number of hydrogen-bond acceptors (Lipinski definition) is 5. The Bertz CT molecular complexity index is 1480. The third-order valence-electron chi connectivity index (χ3n) is 6.95. The molecule has 8 heteroatoms. The summed E-state index contributed by atoms with van der Waals surface area (Å²) in [4.78, 5) is 18.9. The van der Waals surface area contributed by atoms with Gasteiger partial charge in [-0.15, -0.1) is 0 Å². The molecule has 2 aliphatic rings. The topological polar surface area (TPSA) is 69.5 Å². The van der Waals surface area contributed by atoms with Crippen molar-refractivity contribution >= 4 is 16.8 Å². The Hall–Kier alpha value is -3.78. The molecular formula is C28H27FN4O3. The van der Waals surface area contributed by atoms with Gasteiger partial charge >= 0.3 is 0 Å². The molecule has 1 amide bonds. The molecule has 0 saturated heterocycles.